The van der Waals surface area contributed by atoms with Crippen molar-refractivity contribution < 1.29 is 14.2 Å². The first-order chi connectivity index (χ1) is 9.29. The molecule has 2 saturated heterocycles. The average Bonchev–Trinajstić information content (AvgIpc) is 2.44. The highest BCUT2D eigenvalue weighted by Gasteiger charge is 2.41. The summed E-state index contributed by atoms with van der Waals surface area (Å²) in [5, 5.41) is 0. The smallest absolute Gasteiger partial charge is 0.0729 e. The van der Waals surface area contributed by atoms with Gasteiger partial charge in [-0.05, 0) is 38.0 Å². The third kappa shape index (κ3) is 4.13. The maximum absolute atomic E-state index is 6.07. The van der Waals surface area contributed by atoms with Crippen molar-refractivity contribution in [3.8, 4) is 0 Å². The van der Waals surface area contributed by atoms with Crippen LogP contribution in [0.25, 0.3) is 0 Å². The van der Waals surface area contributed by atoms with E-state index in [-0.39, 0.29) is 11.6 Å². The number of hydrazine groups is 1. The molecular formula is C14H28N2O3. The normalized spacial score (nSPS) is 28.4. The summed E-state index contributed by atoms with van der Waals surface area (Å²) >= 11 is 0. The van der Waals surface area contributed by atoms with Gasteiger partial charge in [0.05, 0.1) is 12.2 Å². The first kappa shape index (κ1) is 15.2. The van der Waals surface area contributed by atoms with E-state index < -0.39 is 0 Å². The highest BCUT2D eigenvalue weighted by molar-refractivity contribution is 4.92. The zero-order valence-electron chi connectivity index (χ0n) is 12.0. The molecule has 0 aromatic carbocycles. The van der Waals surface area contributed by atoms with E-state index in [0.717, 1.165) is 58.5 Å². The lowest BCUT2D eigenvalue weighted by molar-refractivity contribution is -0.152. The Morgan fingerprint density at radius 2 is 2.16 bits per heavy atom. The van der Waals surface area contributed by atoms with Crippen LogP contribution in [-0.4, -0.2) is 44.7 Å². The third-order valence-electron chi connectivity index (χ3n) is 4.36. The summed E-state index contributed by atoms with van der Waals surface area (Å²) in [6.07, 6.45) is 5.20. The van der Waals surface area contributed by atoms with Gasteiger partial charge in [-0.2, -0.15) is 0 Å². The number of nitrogens with one attached hydrogen (secondary N) is 1. The SMILES string of the molecule is CCCOCC(NN)C1CCOC2(CCOCC2)C1. The highest BCUT2D eigenvalue weighted by atomic mass is 16.5. The molecule has 0 radical (unpaired) electrons. The summed E-state index contributed by atoms with van der Waals surface area (Å²) in [4.78, 5) is 0. The van der Waals surface area contributed by atoms with Crippen LogP contribution in [0.15, 0.2) is 0 Å². The van der Waals surface area contributed by atoms with Crippen LogP contribution < -0.4 is 11.3 Å². The zero-order valence-corrected chi connectivity index (χ0v) is 12.0. The molecule has 2 rings (SSSR count). The molecule has 3 N–H and O–H groups in total. The van der Waals surface area contributed by atoms with Crippen molar-refractivity contribution in [2.24, 2.45) is 11.8 Å². The fourth-order valence-electron chi connectivity index (χ4n) is 3.18. The number of hydrogen-bond acceptors (Lipinski definition) is 5. The Hall–Kier alpha value is -0.200. The molecule has 2 atom stereocenters. The first-order valence-corrected chi connectivity index (χ1v) is 7.55. The predicted octanol–water partition coefficient (Wildman–Crippen LogP) is 1.22. The quantitative estimate of drug-likeness (QED) is 0.432. The van der Waals surface area contributed by atoms with Crippen molar-refractivity contribution in [1.82, 2.24) is 5.43 Å². The number of hydrogen-bond donors (Lipinski definition) is 2. The summed E-state index contributed by atoms with van der Waals surface area (Å²) in [6.45, 7) is 6.09. The molecule has 0 aliphatic carbocycles. The van der Waals surface area contributed by atoms with Gasteiger partial charge in [0.15, 0.2) is 0 Å². The van der Waals surface area contributed by atoms with Crippen LogP contribution in [0.2, 0.25) is 0 Å². The second kappa shape index (κ2) is 7.55. The Balaban J connectivity index is 1.87. The Morgan fingerprint density at radius 3 is 2.84 bits per heavy atom. The molecule has 0 aromatic heterocycles. The van der Waals surface area contributed by atoms with Crippen LogP contribution in [0.3, 0.4) is 0 Å². The van der Waals surface area contributed by atoms with Gasteiger partial charge in [0.1, 0.15) is 0 Å². The molecule has 5 nitrogen and oxygen atoms in total. The summed E-state index contributed by atoms with van der Waals surface area (Å²) in [5.41, 5.74) is 2.97. The molecule has 5 heteroatoms. The fraction of sp³-hybridized carbons (Fsp3) is 1.00. The van der Waals surface area contributed by atoms with Gasteiger partial charge in [-0.25, -0.2) is 0 Å². The molecule has 0 bridgehead atoms. The Kier molecular flexibility index (Phi) is 6.04. The van der Waals surface area contributed by atoms with E-state index in [2.05, 4.69) is 12.3 Å². The summed E-state index contributed by atoms with van der Waals surface area (Å²) in [5.74, 6) is 6.24. The van der Waals surface area contributed by atoms with Gasteiger partial charge >= 0.3 is 0 Å². The first-order valence-electron chi connectivity index (χ1n) is 7.55. The van der Waals surface area contributed by atoms with Crippen LogP contribution >= 0.6 is 0 Å². The van der Waals surface area contributed by atoms with Crippen LogP contribution in [0, 0.1) is 5.92 Å². The fourth-order valence-corrected chi connectivity index (χ4v) is 3.18. The monoisotopic (exact) mass is 272 g/mol. The van der Waals surface area contributed by atoms with Gasteiger partial charge in [0.2, 0.25) is 0 Å². The van der Waals surface area contributed by atoms with E-state index in [9.17, 15) is 0 Å². The minimum atomic E-state index is 0.0288. The summed E-state index contributed by atoms with van der Waals surface area (Å²) < 4.78 is 17.2. The molecule has 0 aromatic rings. The molecule has 19 heavy (non-hydrogen) atoms. The summed E-state index contributed by atoms with van der Waals surface area (Å²) in [6, 6.07) is 0.232. The largest absolute Gasteiger partial charge is 0.381 e. The highest BCUT2D eigenvalue weighted by Crippen LogP contribution is 2.38. The molecule has 1 spiro atoms. The van der Waals surface area contributed by atoms with Crippen molar-refractivity contribution in [3.05, 3.63) is 0 Å². The van der Waals surface area contributed by atoms with E-state index in [1.54, 1.807) is 0 Å². The van der Waals surface area contributed by atoms with Crippen LogP contribution in [0.5, 0.6) is 0 Å². The van der Waals surface area contributed by atoms with Gasteiger partial charge in [-0.3, -0.25) is 11.3 Å². The van der Waals surface area contributed by atoms with Crippen molar-refractivity contribution in [1.29, 1.82) is 0 Å². The third-order valence-corrected chi connectivity index (χ3v) is 4.36. The molecule has 2 fully saturated rings. The van der Waals surface area contributed by atoms with Gasteiger partial charge in [-0.1, -0.05) is 6.92 Å². The topological polar surface area (TPSA) is 65.7 Å². The second-order valence-corrected chi connectivity index (χ2v) is 5.74. The van der Waals surface area contributed by atoms with Gasteiger partial charge in [0.25, 0.3) is 0 Å². The molecule has 2 heterocycles. The maximum atomic E-state index is 6.07. The molecule has 112 valence electrons. The lowest BCUT2D eigenvalue weighted by Gasteiger charge is -2.45. The molecular weight excluding hydrogens is 244 g/mol. The maximum Gasteiger partial charge on any atom is 0.0729 e. The predicted molar refractivity (Wildman–Crippen MR) is 73.7 cm³/mol. The summed E-state index contributed by atoms with van der Waals surface area (Å²) in [7, 11) is 0. The standard InChI is InChI=1S/C14H28N2O3/c1-2-6-18-11-13(16-15)12-3-7-19-14(10-12)4-8-17-9-5-14/h12-13,16H,2-11,15H2,1H3. The van der Waals surface area contributed by atoms with E-state index in [4.69, 9.17) is 20.1 Å². The molecule has 2 aliphatic rings. The Bertz CT molecular complexity index is 252. The van der Waals surface area contributed by atoms with Crippen molar-refractivity contribution in [2.45, 2.75) is 50.7 Å². The minimum absolute atomic E-state index is 0.0288. The molecule has 2 unspecified atom stereocenters. The van der Waals surface area contributed by atoms with E-state index in [1.165, 1.54) is 0 Å². The Labute approximate surface area is 116 Å². The van der Waals surface area contributed by atoms with Gasteiger partial charge in [0, 0.05) is 32.5 Å². The van der Waals surface area contributed by atoms with Gasteiger partial charge < -0.3 is 14.2 Å². The minimum Gasteiger partial charge on any atom is -0.381 e. The van der Waals surface area contributed by atoms with Crippen molar-refractivity contribution >= 4 is 0 Å². The van der Waals surface area contributed by atoms with Crippen molar-refractivity contribution in [3.63, 3.8) is 0 Å². The zero-order chi connectivity index (χ0) is 13.6. The second-order valence-electron chi connectivity index (χ2n) is 5.74. The molecule has 0 saturated carbocycles. The number of rotatable bonds is 6. The van der Waals surface area contributed by atoms with E-state index >= 15 is 0 Å². The molecule has 0 amide bonds. The van der Waals surface area contributed by atoms with Gasteiger partial charge in [-0.15, -0.1) is 0 Å². The van der Waals surface area contributed by atoms with E-state index in [0.29, 0.717) is 12.5 Å². The lowest BCUT2D eigenvalue weighted by atomic mass is 9.78. The van der Waals surface area contributed by atoms with Crippen molar-refractivity contribution in [2.75, 3.05) is 33.0 Å². The van der Waals surface area contributed by atoms with Crippen LogP contribution in [0.1, 0.15) is 39.0 Å². The van der Waals surface area contributed by atoms with Crippen LogP contribution in [-0.2, 0) is 14.2 Å². The van der Waals surface area contributed by atoms with E-state index in [1.807, 2.05) is 0 Å². The number of nitrogens with two attached hydrogens (primary N) is 1. The average molecular weight is 272 g/mol. The molecule has 2 aliphatic heterocycles. The number of ether oxygens (including phenoxy) is 3. The Morgan fingerprint density at radius 1 is 1.37 bits per heavy atom. The lowest BCUT2D eigenvalue weighted by Crippen LogP contribution is -2.52. The van der Waals surface area contributed by atoms with Crippen LogP contribution in [0.4, 0.5) is 0 Å².